The number of rotatable bonds is 4. The van der Waals surface area contributed by atoms with Gasteiger partial charge in [0.25, 0.3) is 0 Å². The van der Waals surface area contributed by atoms with Crippen LogP contribution in [0.15, 0.2) is 22.7 Å². The monoisotopic (exact) mass is 327 g/mol. The number of ketones is 1. The fraction of sp³-hybridized carbons (Fsp3) is 0.385. The first-order valence-corrected chi connectivity index (χ1v) is 6.85. The molecule has 19 heavy (non-hydrogen) atoms. The van der Waals surface area contributed by atoms with Crippen LogP contribution < -0.4 is 11.1 Å². The summed E-state index contributed by atoms with van der Waals surface area (Å²) in [6.07, 6.45) is 1.51. The molecule has 6 heteroatoms. The summed E-state index contributed by atoms with van der Waals surface area (Å²) in [5.74, 6) is -0.434. The highest BCUT2D eigenvalue weighted by Gasteiger charge is 2.35. The van der Waals surface area contributed by atoms with Crippen LogP contribution in [0.5, 0.6) is 0 Å². The van der Waals surface area contributed by atoms with Gasteiger partial charge in [0, 0.05) is 11.6 Å². The Morgan fingerprint density at radius 1 is 1.53 bits per heavy atom. The van der Waals surface area contributed by atoms with Gasteiger partial charge in [-0.3, -0.25) is 10.2 Å². The largest absolute Gasteiger partial charge is 0.338 e. The normalized spacial score (nSPS) is 21.6. The Bertz CT molecular complexity index is 515. The van der Waals surface area contributed by atoms with Crippen molar-refractivity contribution in [3.05, 3.63) is 28.5 Å². The Morgan fingerprint density at radius 2 is 2.21 bits per heavy atom. The highest BCUT2D eigenvalue weighted by molar-refractivity contribution is 9.10. The number of Topliss-reactive ketones (excluding diaryl/α,β-unsaturated/α-hetero) is 1. The molecule has 102 valence electrons. The van der Waals surface area contributed by atoms with Gasteiger partial charge in [0.05, 0.1) is 4.47 Å². The summed E-state index contributed by atoms with van der Waals surface area (Å²) in [5, 5.41) is 10.4. The maximum absolute atomic E-state index is 13.1. The Hall–Kier alpha value is -1.27. The van der Waals surface area contributed by atoms with Crippen molar-refractivity contribution in [1.82, 2.24) is 0 Å². The predicted molar refractivity (Wildman–Crippen MR) is 75.7 cm³/mol. The first-order valence-electron chi connectivity index (χ1n) is 6.06. The van der Waals surface area contributed by atoms with Gasteiger partial charge < -0.3 is 11.1 Å². The highest BCUT2D eigenvalue weighted by Crippen LogP contribution is 2.33. The number of hydrogen-bond acceptors (Lipinski definition) is 3. The topological polar surface area (TPSA) is 79.0 Å². The first-order chi connectivity index (χ1) is 9.01. The van der Waals surface area contributed by atoms with E-state index in [-0.39, 0.29) is 23.4 Å². The summed E-state index contributed by atoms with van der Waals surface area (Å²) in [5.41, 5.74) is 6.02. The number of nitrogens with one attached hydrogen (secondary N) is 2. The lowest BCUT2D eigenvalue weighted by Crippen LogP contribution is -2.39. The summed E-state index contributed by atoms with van der Waals surface area (Å²) in [6.45, 7) is 0.593. The molecule has 1 saturated carbocycles. The second-order valence-electron chi connectivity index (χ2n) is 4.76. The van der Waals surface area contributed by atoms with Crippen molar-refractivity contribution in [2.45, 2.75) is 12.8 Å². The number of anilines is 1. The first kappa shape index (κ1) is 14.1. The minimum Gasteiger partial charge on any atom is -0.338 e. The maximum atomic E-state index is 13.1. The van der Waals surface area contributed by atoms with Crippen LogP contribution in [0.25, 0.3) is 0 Å². The summed E-state index contributed by atoms with van der Waals surface area (Å²) in [4.78, 5) is 11.9. The second-order valence-corrected chi connectivity index (χ2v) is 5.62. The number of carbonyl (C=O) groups excluding carboxylic acids is 1. The Balaban J connectivity index is 1.93. The van der Waals surface area contributed by atoms with E-state index in [9.17, 15) is 9.18 Å². The molecule has 0 heterocycles. The van der Waals surface area contributed by atoms with E-state index in [1.807, 2.05) is 0 Å². The van der Waals surface area contributed by atoms with Crippen LogP contribution in [-0.2, 0) is 4.79 Å². The number of hydrogen-bond donors (Lipinski definition) is 3. The molecule has 0 amide bonds. The quantitative estimate of drug-likeness (QED) is 0.587. The molecule has 0 spiro atoms. The van der Waals surface area contributed by atoms with Crippen LogP contribution in [0.2, 0.25) is 0 Å². The molecule has 1 aromatic rings. The second kappa shape index (κ2) is 5.79. The SMILES string of the molecule is N=C(Nc1ccc(F)c(Br)c1)C(=O)C1CC(CN)C1. The van der Waals surface area contributed by atoms with E-state index in [4.69, 9.17) is 11.1 Å². The van der Waals surface area contributed by atoms with E-state index >= 15 is 0 Å². The third-order valence-electron chi connectivity index (χ3n) is 3.38. The number of nitrogens with two attached hydrogens (primary N) is 1. The van der Waals surface area contributed by atoms with Crippen LogP contribution in [0.3, 0.4) is 0 Å². The average Bonchev–Trinajstić information content (AvgIpc) is 2.32. The fourth-order valence-electron chi connectivity index (χ4n) is 2.13. The van der Waals surface area contributed by atoms with E-state index in [0.29, 0.717) is 22.6 Å². The lowest BCUT2D eigenvalue weighted by molar-refractivity contribution is -0.120. The summed E-state index contributed by atoms with van der Waals surface area (Å²) < 4.78 is 13.4. The standard InChI is InChI=1S/C13H15BrFN3O/c14-10-5-9(1-2-11(10)15)18-13(17)12(19)8-3-7(4-8)6-16/h1-2,5,7-8H,3-4,6,16H2,(H2,17,18). The molecule has 0 aromatic heterocycles. The number of benzene rings is 1. The van der Waals surface area contributed by atoms with E-state index in [1.165, 1.54) is 18.2 Å². The Kier molecular flexibility index (Phi) is 4.31. The van der Waals surface area contributed by atoms with Crippen molar-refractivity contribution < 1.29 is 9.18 Å². The van der Waals surface area contributed by atoms with Crippen LogP contribution in [0.1, 0.15) is 12.8 Å². The van der Waals surface area contributed by atoms with Crippen LogP contribution >= 0.6 is 15.9 Å². The zero-order valence-electron chi connectivity index (χ0n) is 10.2. The molecule has 1 fully saturated rings. The van der Waals surface area contributed by atoms with Gasteiger partial charge in [-0.1, -0.05) is 0 Å². The molecule has 4 N–H and O–H groups in total. The van der Waals surface area contributed by atoms with E-state index in [1.54, 1.807) is 0 Å². The molecule has 0 atom stereocenters. The van der Waals surface area contributed by atoms with Crippen molar-refractivity contribution >= 4 is 33.2 Å². The lowest BCUT2D eigenvalue weighted by atomic mass is 9.72. The third-order valence-corrected chi connectivity index (χ3v) is 3.98. The van der Waals surface area contributed by atoms with Crippen molar-refractivity contribution in [3.8, 4) is 0 Å². The Morgan fingerprint density at radius 3 is 2.79 bits per heavy atom. The smallest absolute Gasteiger partial charge is 0.200 e. The van der Waals surface area contributed by atoms with Crippen LogP contribution in [0, 0.1) is 23.1 Å². The average molecular weight is 328 g/mol. The van der Waals surface area contributed by atoms with Crippen molar-refractivity contribution in [2.75, 3.05) is 11.9 Å². The van der Waals surface area contributed by atoms with E-state index in [2.05, 4.69) is 21.2 Å². The van der Waals surface area contributed by atoms with Crippen LogP contribution in [0.4, 0.5) is 10.1 Å². The zero-order chi connectivity index (χ0) is 14.0. The molecule has 4 nitrogen and oxygen atoms in total. The van der Waals surface area contributed by atoms with Gasteiger partial charge in [-0.2, -0.15) is 0 Å². The van der Waals surface area contributed by atoms with Crippen molar-refractivity contribution in [3.63, 3.8) is 0 Å². The minimum atomic E-state index is -0.381. The highest BCUT2D eigenvalue weighted by atomic mass is 79.9. The molecule has 0 aliphatic heterocycles. The van der Waals surface area contributed by atoms with Crippen LogP contribution in [-0.4, -0.2) is 18.2 Å². The van der Waals surface area contributed by atoms with Crippen molar-refractivity contribution in [1.29, 1.82) is 5.41 Å². The lowest BCUT2D eigenvalue weighted by Gasteiger charge is -2.33. The molecule has 0 saturated heterocycles. The number of halogens is 2. The van der Waals surface area contributed by atoms with Gasteiger partial charge in [0.15, 0.2) is 5.84 Å². The molecule has 0 bridgehead atoms. The maximum Gasteiger partial charge on any atom is 0.200 e. The molecule has 1 aliphatic rings. The van der Waals surface area contributed by atoms with Gasteiger partial charge in [0.1, 0.15) is 5.82 Å². The third kappa shape index (κ3) is 3.19. The van der Waals surface area contributed by atoms with E-state index in [0.717, 1.165) is 12.8 Å². The molecule has 0 unspecified atom stereocenters. The minimum absolute atomic E-state index is 0.0996. The molecular weight excluding hydrogens is 313 g/mol. The molecular formula is C13H15BrFN3O. The number of amidine groups is 1. The Labute approximate surface area is 119 Å². The fourth-order valence-corrected chi connectivity index (χ4v) is 2.50. The number of carbonyl (C=O) groups is 1. The zero-order valence-corrected chi connectivity index (χ0v) is 11.8. The van der Waals surface area contributed by atoms with Crippen molar-refractivity contribution in [2.24, 2.45) is 17.6 Å². The summed E-state index contributed by atoms with van der Waals surface area (Å²) in [6, 6.07) is 4.27. The van der Waals surface area contributed by atoms with Gasteiger partial charge in [-0.15, -0.1) is 0 Å². The van der Waals surface area contributed by atoms with Gasteiger partial charge in [0.2, 0.25) is 5.78 Å². The van der Waals surface area contributed by atoms with Gasteiger partial charge in [-0.05, 0) is 59.4 Å². The van der Waals surface area contributed by atoms with Gasteiger partial charge in [-0.25, -0.2) is 4.39 Å². The molecule has 1 aliphatic carbocycles. The molecule has 0 radical (unpaired) electrons. The summed E-state index contributed by atoms with van der Waals surface area (Å²) >= 11 is 3.06. The van der Waals surface area contributed by atoms with E-state index < -0.39 is 0 Å². The molecule has 2 rings (SSSR count). The molecule has 1 aromatic carbocycles. The predicted octanol–water partition coefficient (Wildman–Crippen LogP) is 2.53. The van der Waals surface area contributed by atoms with Gasteiger partial charge >= 0.3 is 0 Å². The summed E-state index contributed by atoms with van der Waals surface area (Å²) in [7, 11) is 0.